The molecule has 0 aliphatic heterocycles. The van der Waals surface area contributed by atoms with Crippen molar-refractivity contribution in [1.82, 2.24) is 26.1 Å². The highest BCUT2D eigenvalue weighted by molar-refractivity contribution is 7.99. The SMILES string of the molecule is CNC(=O)c1ccccc1Sc1ccc2c(C#Cc3ccc(NC(=O)NCCOCCOCCNC(C)=O)cc3)n[nH]c2c1. The highest BCUT2D eigenvalue weighted by Gasteiger charge is 2.12. The third kappa shape index (κ3) is 9.88. The van der Waals surface area contributed by atoms with E-state index in [1.54, 1.807) is 25.2 Å². The summed E-state index contributed by atoms with van der Waals surface area (Å²) >= 11 is 1.51. The number of amides is 4. The normalized spacial score (nSPS) is 10.5. The summed E-state index contributed by atoms with van der Waals surface area (Å²) in [6, 6.07) is 20.3. The summed E-state index contributed by atoms with van der Waals surface area (Å²) in [5, 5.41) is 19.2. The van der Waals surface area contributed by atoms with Crippen LogP contribution in [-0.2, 0) is 14.3 Å². The first-order chi connectivity index (χ1) is 21.4. The lowest BCUT2D eigenvalue weighted by atomic mass is 10.2. The van der Waals surface area contributed by atoms with E-state index in [-0.39, 0.29) is 17.8 Å². The number of carbonyl (C=O) groups excluding carboxylic acids is 3. The Balaban J connectivity index is 1.22. The largest absolute Gasteiger partial charge is 0.377 e. The molecular weight excluding hydrogens is 580 g/mol. The molecule has 0 atom stereocenters. The molecule has 12 heteroatoms. The number of ether oxygens (including phenoxy) is 2. The summed E-state index contributed by atoms with van der Waals surface area (Å²) in [4.78, 5) is 37.0. The van der Waals surface area contributed by atoms with Gasteiger partial charge in [0.2, 0.25) is 5.91 Å². The van der Waals surface area contributed by atoms with Crippen LogP contribution in [-0.4, -0.2) is 74.6 Å². The molecule has 5 N–H and O–H groups in total. The number of aromatic amines is 1. The van der Waals surface area contributed by atoms with Crippen LogP contribution in [0, 0.1) is 11.8 Å². The van der Waals surface area contributed by atoms with Gasteiger partial charge < -0.3 is 30.7 Å². The fraction of sp³-hybridized carbons (Fsp3) is 0.250. The van der Waals surface area contributed by atoms with E-state index in [0.29, 0.717) is 56.5 Å². The van der Waals surface area contributed by atoms with Gasteiger partial charge in [-0.15, -0.1) is 0 Å². The smallest absolute Gasteiger partial charge is 0.319 e. The van der Waals surface area contributed by atoms with E-state index < -0.39 is 0 Å². The highest BCUT2D eigenvalue weighted by atomic mass is 32.2. The second-order valence-electron chi connectivity index (χ2n) is 9.37. The number of rotatable bonds is 13. The number of anilines is 1. The quantitative estimate of drug-likeness (QED) is 0.114. The molecule has 4 amide bonds. The number of carbonyl (C=O) groups is 3. The maximum atomic E-state index is 12.2. The minimum Gasteiger partial charge on any atom is -0.377 e. The maximum absolute atomic E-state index is 12.2. The molecule has 4 rings (SSSR count). The lowest BCUT2D eigenvalue weighted by Crippen LogP contribution is -2.31. The number of hydrogen-bond donors (Lipinski definition) is 5. The van der Waals surface area contributed by atoms with Crippen molar-refractivity contribution < 1.29 is 23.9 Å². The van der Waals surface area contributed by atoms with Crippen molar-refractivity contribution in [2.75, 3.05) is 51.9 Å². The Bertz CT molecular complexity index is 1640. The molecule has 11 nitrogen and oxygen atoms in total. The second kappa shape index (κ2) is 16.7. The highest BCUT2D eigenvalue weighted by Crippen LogP contribution is 2.32. The van der Waals surface area contributed by atoms with Crippen molar-refractivity contribution in [3.05, 3.63) is 83.6 Å². The number of urea groups is 1. The summed E-state index contributed by atoms with van der Waals surface area (Å²) in [5.41, 5.74) is 3.51. The number of nitrogens with zero attached hydrogens (tertiary/aromatic N) is 1. The minimum atomic E-state index is -0.336. The van der Waals surface area contributed by atoms with Crippen molar-refractivity contribution >= 4 is 46.2 Å². The average molecular weight is 615 g/mol. The molecule has 4 aromatic rings. The molecule has 1 heterocycles. The molecule has 0 aliphatic carbocycles. The molecule has 0 unspecified atom stereocenters. The molecule has 44 heavy (non-hydrogen) atoms. The van der Waals surface area contributed by atoms with Crippen LogP contribution in [0.4, 0.5) is 10.5 Å². The molecule has 0 fully saturated rings. The number of H-pyrrole nitrogens is 1. The topological polar surface area (TPSA) is 146 Å². The van der Waals surface area contributed by atoms with Gasteiger partial charge in [-0.3, -0.25) is 14.7 Å². The Morgan fingerprint density at radius 1 is 0.886 bits per heavy atom. The molecule has 1 aromatic heterocycles. The van der Waals surface area contributed by atoms with E-state index >= 15 is 0 Å². The Morgan fingerprint density at radius 3 is 2.34 bits per heavy atom. The van der Waals surface area contributed by atoms with Crippen LogP contribution in [0.1, 0.15) is 28.5 Å². The van der Waals surface area contributed by atoms with Gasteiger partial charge in [-0.2, -0.15) is 5.10 Å². The summed E-state index contributed by atoms with van der Waals surface area (Å²) in [5.74, 6) is 6.02. The molecule has 0 aliphatic rings. The van der Waals surface area contributed by atoms with E-state index in [2.05, 4.69) is 43.3 Å². The van der Waals surface area contributed by atoms with Gasteiger partial charge in [0.25, 0.3) is 5.91 Å². The lowest BCUT2D eigenvalue weighted by molar-refractivity contribution is -0.119. The van der Waals surface area contributed by atoms with Gasteiger partial charge in [-0.25, -0.2) is 4.79 Å². The molecule has 0 bridgehead atoms. The van der Waals surface area contributed by atoms with Gasteiger partial charge in [0.05, 0.1) is 37.5 Å². The zero-order valence-electron chi connectivity index (χ0n) is 24.5. The van der Waals surface area contributed by atoms with Crippen LogP contribution in [0.15, 0.2) is 76.5 Å². The molecule has 3 aromatic carbocycles. The predicted molar refractivity (Wildman–Crippen MR) is 170 cm³/mol. The fourth-order valence-electron chi connectivity index (χ4n) is 3.96. The van der Waals surface area contributed by atoms with E-state index in [4.69, 9.17) is 9.47 Å². The zero-order chi connectivity index (χ0) is 31.1. The van der Waals surface area contributed by atoms with E-state index in [0.717, 1.165) is 26.3 Å². The van der Waals surface area contributed by atoms with Crippen LogP contribution < -0.4 is 21.3 Å². The van der Waals surface area contributed by atoms with Crippen LogP contribution in [0.2, 0.25) is 0 Å². The predicted octanol–water partition coefficient (Wildman–Crippen LogP) is 3.76. The van der Waals surface area contributed by atoms with Crippen molar-refractivity contribution in [3.8, 4) is 11.8 Å². The standard InChI is InChI=1S/C32H34N6O5S/c1-22(39)34-15-17-42-19-20-43-18-16-35-32(41)36-24-10-7-23(8-11-24)9-14-28-26-13-12-25(21-29(26)38-37-28)44-30-6-4-3-5-27(30)31(40)33-2/h3-8,10-13,21H,15-20H2,1-2H3,(H,33,40)(H,34,39)(H,37,38)(H2,35,36,41). The van der Waals surface area contributed by atoms with Crippen molar-refractivity contribution in [3.63, 3.8) is 0 Å². The summed E-state index contributed by atoms with van der Waals surface area (Å²) in [6.07, 6.45) is 0. The average Bonchev–Trinajstić information content (AvgIpc) is 3.43. The lowest BCUT2D eigenvalue weighted by Gasteiger charge is -2.09. The van der Waals surface area contributed by atoms with Crippen molar-refractivity contribution in [2.45, 2.75) is 16.7 Å². The van der Waals surface area contributed by atoms with Gasteiger partial charge in [-0.05, 0) is 60.5 Å². The summed E-state index contributed by atoms with van der Waals surface area (Å²) in [7, 11) is 1.62. The van der Waals surface area contributed by atoms with Crippen LogP contribution in [0.25, 0.3) is 10.9 Å². The number of hydrogen-bond acceptors (Lipinski definition) is 7. The maximum Gasteiger partial charge on any atom is 0.319 e. The molecule has 228 valence electrons. The third-order valence-corrected chi connectivity index (χ3v) is 7.18. The number of fused-ring (bicyclic) bond motifs is 1. The van der Waals surface area contributed by atoms with Crippen molar-refractivity contribution in [1.29, 1.82) is 0 Å². The van der Waals surface area contributed by atoms with Crippen LogP contribution in [0.5, 0.6) is 0 Å². The van der Waals surface area contributed by atoms with Crippen LogP contribution >= 0.6 is 11.8 Å². The Kier molecular flexibility index (Phi) is 12.2. The Hall–Kier alpha value is -4.83. The van der Waals surface area contributed by atoms with Gasteiger partial charge in [-0.1, -0.05) is 29.8 Å². The van der Waals surface area contributed by atoms with E-state index in [1.807, 2.05) is 48.5 Å². The molecule has 0 spiro atoms. The molecular formula is C32H34N6O5S. The summed E-state index contributed by atoms with van der Waals surface area (Å²) in [6.45, 7) is 3.86. The molecule has 0 saturated heterocycles. The van der Waals surface area contributed by atoms with Crippen molar-refractivity contribution in [2.24, 2.45) is 0 Å². The van der Waals surface area contributed by atoms with Gasteiger partial charge >= 0.3 is 6.03 Å². The monoisotopic (exact) mass is 614 g/mol. The second-order valence-corrected chi connectivity index (χ2v) is 10.5. The van der Waals surface area contributed by atoms with E-state index in [9.17, 15) is 14.4 Å². The van der Waals surface area contributed by atoms with Crippen LogP contribution in [0.3, 0.4) is 0 Å². The summed E-state index contributed by atoms with van der Waals surface area (Å²) < 4.78 is 10.7. The van der Waals surface area contributed by atoms with Gasteiger partial charge in [0.15, 0.2) is 0 Å². The molecule has 0 saturated carbocycles. The number of benzene rings is 3. The Morgan fingerprint density at radius 2 is 1.61 bits per heavy atom. The van der Waals surface area contributed by atoms with Gasteiger partial charge in [0.1, 0.15) is 5.69 Å². The zero-order valence-corrected chi connectivity index (χ0v) is 25.3. The minimum absolute atomic E-state index is 0.0898. The number of aromatic nitrogens is 2. The number of nitrogens with one attached hydrogen (secondary N) is 5. The van der Waals surface area contributed by atoms with E-state index in [1.165, 1.54) is 18.7 Å². The van der Waals surface area contributed by atoms with Gasteiger partial charge in [0, 0.05) is 53.5 Å². The first-order valence-corrected chi connectivity index (χ1v) is 14.8. The first kappa shape index (κ1) is 32.1. The Labute approximate surface area is 259 Å². The fourth-order valence-corrected chi connectivity index (χ4v) is 4.95. The first-order valence-electron chi connectivity index (χ1n) is 14.0. The third-order valence-electron chi connectivity index (χ3n) is 6.11. The molecule has 0 radical (unpaired) electrons.